The van der Waals surface area contributed by atoms with E-state index in [1.807, 2.05) is 49.7 Å². The van der Waals surface area contributed by atoms with Crippen molar-refractivity contribution in [3.63, 3.8) is 0 Å². The summed E-state index contributed by atoms with van der Waals surface area (Å²) < 4.78 is 27.9. The number of ether oxygens (including phenoxy) is 2. The third-order valence-electron chi connectivity index (χ3n) is 5.13. The van der Waals surface area contributed by atoms with Gasteiger partial charge >= 0.3 is 0 Å². The Kier molecular flexibility index (Phi) is 7.45. The topological polar surface area (TPSA) is 43.7 Å². The molecule has 176 valence electrons. The molecule has 1 saturated heterocycles. The fourth-order valence-corrected chi connectivity index (χ4v) is 5.39. The number of aromatic nitrogens is 1. The number of aryl methyl sites for hydroxylation is 2. The average Bonchev–Trinajstić information content (AvgIpc) is 3.25. The minimum absolute atomic E-state index is 0.178. The summed E-state index contributed by atoms with van der Waals surface area (Å²) in [5, 5.41) is 1.52. The van der Waals surface area contributed by atoms with Gasteiger partial charge in [0.25, 0.3) is 5.91 Å². The zero-order valence-corrected chi connectivity index (χ0v) is 22.0. The third-order valence-corrected chi connectivity index (χ3v) is 7.01. The van der Waals surface area contributed by atoms with E-state index in [1.165, 1.54) is 28.9 Å². The largest absolute Gasteiger partial charge is 0.490 e. The average molecular weight is 561 g/mol. The molecule has 4 rings (SSSR count). The normalized spacial score (nSPS) is 14.9. The molecule has 1 fully saturated rings. The van der Waals surface area contributed by atoms with E-state index in [-0.39, 0.29) is 18.3 Å². The van der Waals surface area contributed by atoms with Crippen LogP contribution in [-0.2, 0) is 11.4 Å². The van der Waals surface area contributed by atoms with Crippen molar-refractivity contribution in [3.05, 3.63) is 86.2 Å². The fraction of sp³-hybridized carbons (Fsp3) is 0.200. The Labute approximate surface area is 215 Å². The van der Waals surface area contributed by atoms with Crippen molar-refractivity contribution < 1.29 is 18.7 Å². The van der Waals surface area contributed by atoms with E-state index in [2.05, 4.69) is 15.9 Å². The molecule has 1 aliphatic heterocycles. The fourth-order valence-electron chi connectivity index (χ4n) is 3.57. The van der Waals surface area contributed by atoms with Gasteiger partial charge in [-0.25, -0.2) is 4.39 Å². The van der Waals surface area contributed by atoms with Gasteiger partial charge in [-0.15, -0.1) is 0 Å². The SMILES string of the molecule is CCOc1cc(C=C2SC(=S)N(n3c(C)ccc3C)C2=O)cc(Br)c1OCc1ccc(F)cc1. The predicted molar refractivity (Wildman–Crippen MR) is 141 cm³/mol. The van der Waals surface area contributed by atoms with Gasteiger partial charge in [-0.05, 0) is 103 Å². The lowest BCUT2D eigenvalue weighted by Crippen LogP contribution is -2.39. The van der Waals surface area contributed by atoms with Crippen molar-refractivity contribution in [1.29, 1.82) is 0 Å². The summed E-state index contributed by atoms with van der Waals surface area (Å²) in [4.78, 5) is 13.7. The maximum Gasteiger partial charge on any atom is 0.285 e. The highest BCUT2D eigenvalue weighted by Crippen LogP contribution is 2.40. The van der Waals surface area contributed by atoms with Crippen LogP contribution in [0.2, 0.25) is 0 Å². The molecule has 1 amide bonds. The number of hydrogen-bond acceptors (Lipinski definition) is 5. The lowest BCUT2D eigenvalue weighted by Gasteiger charge is -2.20. The van der Waals surface area contributed by atoms with Crippen molar-refractivity contribution in [2.45, 2.75) is 27.4 Å². The van der Waals surface area contributed by atoms with E-state index in [4.69, 9.17) is 21.7 Å². The molecule has 2 heterocycles. The summed E-state index contributed by atoms with van der Waals surface area (Å²) in [7, 11) is 0. The third kappa shape index (κ3) is 5.06. The van der Waals surface area contributed by atoms with E-state index in [9.17, 15) is 9.18 Å². The van der Waals surface area contributed by atoms with Crippen LogP contribution in [-0.4, -0.2) is 21.5 Å². The summed E-state index contributed by atoms with van der Waals surface area (Å²) in [6.07, 6.45) is 1.80. The molecule has 1 aliphatic rings. The zero-order chi connectivity index (χ0) is 24.4. The van der Waals surface area contributed by atoms with Crippen molar-refractivity contribution in [1.82, 2.24) is 4.68 Å². The first kappa shape index (κ1) is 24.5. The quantitative estimate of drug-likeness (QED) is 0.243. The van der Waals surface area contributed by atoms with Crippen LogP contribution in [0.25, 0.3) is 6.08 Å². The molecule has 0 bridgehead atoms. The van der Waals surface area contributed by atoms with Gasteiger partial charge < -0.3 is 9.47 Å². The van der Waals surface area contributed by atoms with E-state index in [1.54, 1.807) is 18.2 Å². The first-order valence-corrected chi connectivity index (χ1v) is 12.6. The van der Waals surface area contributed by atoms with Crippen LogP contribution in [0.5, 0.6) is 11.5 Å². The number of rotatable bonds is 7. The first-order valence-electron chi connectivity index (χ1n) is 10.5. The smallest absolute Gasteiger partial charge is 0.285 e. The van der Waals surface area contributed by atoms with Crippen LogP contribution in [0.15, 0.2) is 57.9 Å². The molecule has 0 spiro atoms. The highest BCUT2D eigenvalue weighted by atomic mass is 79.9. The summed E-state index contributed by atoms with van der Waals surface area (Å²) in [6.45, 7) is 6.46. The Hall–Kier alpha value is -2.62. The number of carbonyl (C=O) groups excluding carboxylic acids is 1. The number of benzene rings is 2. The van der Waals surface area contributed by atoms with Crippen molar-refractivity contribution in [3.8, 4) is 11.5 Å². The van der Waals surface area contributed by atoms with Crippen LogP contribution in [0.3, 0.4) is 0 Å². The molecule has 0 radical (unpaired) electrons. The lowest BCUT2D eigenvalue weighted by atomic mass is 10.1. The molecule has 0 aliphatic carbocycles. The number of amides is 1. The molecular weight excluding hydrogens is 539 g/mol. The second kappa shape index (κ2) is 10.3. The van der Waals surface area contributed by atoms with Gasteiger partial charge in [0.2, 0.25) is 0 Å². The van der Waals surface area contributed by atoms with E-state index < -0.39 is 0 Å². The van der Waals surface area contributed by atoms with Crippen LogP contribution in [0.1, 0.15) is 29.4 Å². The van der Waals surface area contributed by atoms with Gasteiger partial charge in [-0.2, -0.15) is 5.01 Å². The van der Waals surface area contributed by atoms with E-state index in [0.717, 1.165) is 22.5 Å². The Morgan fingerprint density at radius 2 is 1.76 bits per heavy atom. The van der Waals surface area contributed by atoms with Gasteiger partial charge in [-0.1, -0.05) is 23.9 Å². The Balaban J connectivity index is 1.61. The Morgan fingerprint density at radius 1 is 1.09 bits per heavy atom. The second-order valence-corrected chi connectivity index (χ2v) is 10.1. The van der Waals surface area contributed by atoms with E-state index >= 15 is 0 Å². The van der Waals surface area contributed by atoms with Crippen molar-refractivity contribution in [2.24, 2.45) is 0 Å². The number of hydrogen-bond donors (Lipinski definition) is 0. The lowest BCUT2D eigenvalue weighted by molar-refractivity contribution is -0.114. The molecule has 9 heteroatoms. The number of carbonyl (C=O) groups is 1. The van der Waals surface area contributed by atoms with Gasteiger partial charge in [-0.3, -0.25) is 9.47 Å². The highest BCUT2D eigenvalue weighted by molar-refractivity contribution is 9.10. The van der Waals surface area contributed by atoms with Crippen LogP contribution < -0.4 is 14.5 Å². The van der Waals surface area contributed by atoms with Crippen molar-refractivity contribution >= 4 is 56.2 Å². The second-order valence-electron chi connectivity index (χ2n) is 7.60. The molecule has 0 unspecified atom stereocenters. The number of halogens is 2. The molecule has 5 nitrogen and oxygen atoms in total. The standard InChI is InChI=1S/C25H22BrFN2O3S2/c1-4-31-21-12-18(11-20(26)23(21)32-14-17-7-9-19(27)10-8-17)13-22-24(30)29(25(33)34-22)28-15(2)5-6-16(28)3/h5-13H,4,14H2,1-3H3. The monoisotopic (exact) mass is 560 g/mol. The van der Waals surface area contributed by atoms with Gasteiger partial charge in [0.1, 0.15) is 12.4 Å². The number of thioether (sulfide) groups is 1. The molecule has 0 N–H and O–H groups in total. The van der Waals surface area contributed by atoms with Crippen molar-refractivity contribution in [2.75, 3.05) is 11.6 Å². The van der Waals surface area contributed by atoms with Gasteiger partial charge in [0.05, 0.1) is 16.0 Å². The van der Waals surface area contributed by atoms with Gasteiger partial charge in [0, 0.05) is 11.4 Å². The van der Waals surface area contributed by atoms with Crippen LogP contribution in [0.4, 0.5) is 4.39 Å². The van der Waals surface area contributed by atoms with Crippen LogP contribution >= 0.6 is 39.9 Å². The minimum atomic E-state index is -0.295. The number of nitrogens with zero attached hydrogens (tertiary/aromatic N) is 2. The summed E-state index contributed by atoms with van der Waals surface area (Å²) in [5.74, 6) is 0.604. The zero-order valence-electron chi connectivity index (χ0n) is 18.8. The highest BCUT2D eigenvalue weighted by Gasteiger charge is 2.34. The maximum absolute atomic E-state index is 13.2. The maximum atomic E-state index is 13.2. The van der Waals surface area contributed by atoms with Crippen LogP contribution in [0, 0.1) is 19.7 Å². The molecule has 1 aromatic heterocycles. The molecular formula is C25H22BrFN2O3S2. The van der Waals surface area contributed by atoms with Gasteiger partial charge in [0.15, 0.2) is 15.8 Å². The Bertz CT molecular complexity index is 1270. The summed E-state index contributed by atoms with van der Waals surface area (Å²) >= 11 is 10.3. The minimum Gasteiger partial charge on any atom is -0.490 e. The summed E-state index contributed by atoms with van der Waals surface area (Å²) in [6, 6.07) is 13.7. The molecule has 0 atom stereocenters. The first-order chi connectivity index (χ1) is 16.3. The Morgan fingerprint density at radius 3 is 2.41 bits per heavy atom. The molecule has 34 heavy (non-hydrogen) atoms. The number of thiocarbonyl (C=S) groups is 1. The predicted octanol–water partition coefficient (Wildman–Crippen LogP) is 6.52. The molecule has 3 aromatic rings. The molecule has 2 aromatic carbocycles. The summed E-state index contributed by atoms with van der Waals surface area (Å²) in [5.41, 5.74) is 3.46. The molecule has 0 saturated carbocycles. The van der Waals surface area contributed by atoms with E-state index in [0.29, 0.717) is 31.8 Å².